The molecule has 0 saturated heterocycles. The minimum Gasteiger partial charge on any atom is -0.335 e. The van der Waals surface area contributed by atoms with Crippen LogP contribution < -0.4 is 10.0 Å². The zero-order valence-corrected chi connectivity index (χ0v) is 16.9. The van der Waals surface area contributed by atoms with Crippen molar-refractivity contribution < 1.29 is 12.9 Å². The first-order valence-electron chi connectivity index (χ1n) is 9.39. The number of nitrogens with zero attached hydrogens (tertiary/aromatic N) is 2. The Morgan fingerprint density at radius 2 is 1.78 bits per heavy atom. The summed E-state index contributed by atoms with van der Waals surface area (Å²) in [5, 5.41) is 7.33. The fourth-order valence-electron chi connectivity index (χ4n) is 3.12. The summed E-state index contributed by atoms with van der Waals surface area (Å²) in [6.45, 7) is 5.64. The smallest absolute Gasteiger partial charge is 0.322 e. The predicted octanol–water partition coefficient (Wildman–Crippen LogP) is 3.43. The maximum absolute atomic E-state index is 12.2. The van der Waals surface area contributed by atoms with Crippen molar-refractivity contribution in [1.82, 2.24) is 14.9 Å². The van der Waals surface area contributed by atoms with Gasteiger partial charge in [0.1, 0.15) is 0 Å². The number of hydrogen-bond donors (Lipinski definition) is 2. The molecule has 1 aromatic carbocycles. The van der Waals surface area contributed by atoms with Gasteiger partial charge >= 0.3 is 6.01 Å². The topological polar surface area (TPSA) is 97.1 Å². The minimum atomic E-state index is -3.28. The standard InChI is InChI=1S/C19H28N4O3S/c1-19(2,3)27(24,25)20-13-14-9-11-16(12-10-14)21-18-22-17(23-26-18)15-7-5-4-6-8-15/h4-8,14,16,20H,9-13H2,1-3H3,(H,21,22,23). The lowest BCUT2D eigenvalue weighted by atomic mass is 9.86. The number of rotatable bonds is 6. The minimum absolute atomic E-state index is 0.268. The number of benzene rings is 1. The molecule has 2 N–H and O–H groups in total. The molecular weight excluding hydrogens is 364 g/mol. The average molecular weight is 393 g/mol. The van der Waals surface area contributed by atoms with Crippen LogP contribution in [0.25, 0.3) is 11.4 Å². The first-order valence-corrected chi connectivity index (χ1v) is 10.9. The van der Waals surface area contributed by atoms with Gasteiger partial charge in [-0.2, -0.15) is 4.98 Å². The van der Waals surface area contributed by atoms with Crippen LogP contribution in [0.3, 0.4) is 0 Å². The fraction of sp³-hybridized carbons (Fsp3) is 0.579. The van der Waals surface area contributed by atoms with Gasteiger partial charge in [0.15, 0.2) is 0 Å². The van der Waals surface area contributed by atoms with Gasteiger partial charge in [-0.1, -0.05) is 35.5 Å². The number of aromatic nitrogens is 2. The van der Waals surface area contributed by atoms with E-state index in [4.69, 9.17) is 4.52 Å². The van der Waals surface area contributed by atoms with E-state index in [-0.39, 0.29) is 6.04 Å². The maximum Gasteiger partial charge on any atom is 0.322 e. The summed E-state index contributed by atoms with van der Waals surface area (Å²) in [7, 11) is -3.28. The van der Waals surface area contributed by atoms with Crippen molar-refractivity contribution in [3.8, 4) is 11.4 Å². The van der Waals surface area contributed by atoms with E-state index in [2.05, 4.69) is 20.2 Å². The highest BCUT2D eigenvalue weighted by molar-refractivity contribution is 7.90. The Hall–Kier alpha value is -1.93. The Labute approximate surface area is 161 Å². The van der Waals surface area contributed by atoms with E-state index in [0.29, 0.717) is 24.3 Å². The zero-order chi connectivity index (χ0) is 19.5. The number of sulfonamides is 1. The highest BCUT2D eigenvalue weighted by atomic mass is 32.2. The van der Waals surface area contributed by atoms with Crippen LogP contribution in [0.1, 0.15) is 46.5 Å². The van der Waals surface area contributed by atoms with Crippen molar-refractivity contribution in [2.24, 2.45) is 5.92 Å². The van der Waals surface area contributed by atoms with Gasteiger partial charge in [-0.15, -0.1) is 0 Å². The van der Waals surface area contributed by atoms with E-state index in [1.807, 2.05) is 30.3 Å². The van der Waals surface area contributed by atoms with E-state index in [1.165, 1.54) is 0 Å². The molecular formula is C19H28N4O3S. The average Bonchev–Trinajstić information content (AvgIpc) is 3.09. The molecule has 0 spiro atoms. The van der Waals surface area contributed by atoms with Gasteiger partial charge in [-0.3, -0.25) is 0 Å². The molecule has 1 aromatic heterocycles. The normalized spacial score (nSPS) is 21.1. The lowest BCUT2D eigenvalue weighted by molar-refractivity contribution is 0.329. The number of anilines is 1. The lowest BCUT2D eigenvalue weighted by Gasteiger charge is -2.29. The van der Waals surface area contributed by atoms with Gasteiger partial charge in [0, 0.05) is 18.2 Å². The lowest BCUT2D eigenvalue weighted by Crippen LogP contribution is -2.42. The van der Waals surface area contributed by atoms with Crippen molar-refractivity contribution in [3.05, 3.63) is 30.3 Å². The SMILES string of the molecule is CC(C)(C)S(=O)(=O)NCC1CCC(Nc2nc(-c3ccccc3)no2)CC1. The molecule has 27 heavy (non-hydrogen) atoms. The highest BCUT2D eigenvalue weighted by Crippen LogP contribution is 2.27. The van der Waals surface area contributed by atoms with Gasteiger partial charge in [0.2, 0.25) is 15.8 Å². The summed E-state index contributed by atoms with van der Waals surface area (Å²) in [5.74, 6) is 0.936. The molecule has 1 saturated carbocycles. The van der Waals surface area contributed by atoms with Crippen LogP contribution in [0.15, 0.2) is 34.9 Å². The van der Waals surface area contributed by atoms with E-state index >= 15 is 0 Å². The predicted molar refractivity (Wildman–Crippen MR) is 106 cm³/mol. The van der Waals surface area contributed by atoms with Crippen molar-refractivity contribution in [2.75, 3.05) is 11.9 Å². The van der Waals surface area contributed by atoms with Gasteiger partial charge in [-0.05, 0) is 52.4 Å². The number of hydrogen-bond acceptors (Lipinski definition) is 6. The molecule has 1 aliphatic carbocycles. The molecule has 0 aliphatic heterocycles. The molecule has 0 amide bonds. The molecule has 0 radical (unpaired) electrons. The van der Waals surface area contributed by atoms with Gasteiger partial charge < -0.3 is 9.84 Å². The van der Waals surface area contributed by atoms with Crippen molar-refractivity contribution >= 4 is 16.0 Å². The van der Waals surface area contributed by atoms with Gasteiger partial charge in [0.25, 0.3) is 0 Å². The van der Waals surface area contributed by atoms with Crippen LogP contribution in [0.2, 0.25) is 0 Å². The maximum atomic E-state index is 12.2. The first-order chi connectivity index (χ1) is 12.7. The Morgan fingerprint density at radius 3 is 2.41 bits per heavy atom. The summed E-state index contributed by atoms with van der Waals surface area (Å²) in [6.07, 6.45) is 3.82. The molecule has 1 aliphatic rings. The van der Waals surface area contributed by atoms with Crippen molar-refractivity contribution in [1.29, 1.82) is 0 Å². The summed E-state index contributed by atoms with van der Waals surface area (Å²) >= 11 is 0. The summed E-state index contributed by atoms with van der Waals surface area (Å²) < 4.78 is 31.6. The Bertz CT molecular complexity index is 835. The third-order valence-corrected chi connectivity index (χ3v) is 7.16. The molecule has 7 nitrogen and oxygen atoms in total. The molecule has 2 aromatic rings. The van der Waals surface area contributed by atoms with E-state index in [0.717, 1.165) is 31.2 Å². The van der Waals surface area contributed by atoms with E-state index in [9.17, 15) is 8.42 Å². The van der Waals surface area contributed by atoms with Crippen LogP contribution in [0.5, 0.6) is 0 Å². The van der Waals surface area contributed by atoms with Gasteiger partial charge in [0.05, 0.1) is 4.75 Å². The Kier molecular flexibility index (Phi) is 5.86. The quantitative estimate of drug-likeness (QED) is 0.782. The van der Waals surface area contributed by atoms with E-state index in [1.54, 1.807) is 20.8 Å². The second-order valence-electron chi connectivity index (χ2n) is 8.12. The van der Waals surface area contributed by atoms with E-state index < -0.39 is 14.8 Å². The summed E-state index contributed by atoms with van der Waals surface area (Å²) in [4.78, 5) is 4.41. The molecule has 1 heterocycles. The van der Waals surface area contributed by atoms with Crippen LogP contribution in [-0.2, 0) is 10.0 Å². The van der Waals surface area contributed by atoms with Crippen molar-refractivity contribution in [3.63, 3.8) is 0 Å². The summed E-state index contributed by atoms with van der Waals surface area (Å²) in [6, 6.07) is 10.4. The first kappa shape index (κ1) is 19.8. The molecule has 0 atom stereocenters. The molecule has 0 unspecified atom stereocenters. The highest BCUT2D eigenvalue weighted by Gasteiger charge is 2.30. The van der Waals surface area contributed by atoms with Crippen LogP contribution in [0.4, 0.5) is 6.01 Å². The Balaban J connectivity index is 1.47. The monoisotopic (exact) mass is 392 g/mol. The third kappa shape index (κ3) is 5.07. The molecule has 8 heteroatoms. The molecule has 148 valence electrons. The molecule has 0 bridgehead atoms. The second-order valence-corrected chi connectivity index (χ2v) is 10.6. The Morgan fingerprint density at radius 1 is 1.11 bits per heavy atom. The van der Waals surface area contributed by atoms with Crippen LogP contribution in [-0.4, -0.2) is 35.9 Å². The fourth-order valence-corrected chi connectivity index (χ4v) is 4.00. The third-order valence-electron chi connectivity index (χ3n) is 5.00. The summed E-state index contributed by atoms with van der Waals surface area (Å²) in [5.41, 5.74) is 0.921. The second kappa shape index (κ2) is 7.98. The zero-order valence-electron chi connectivity index (χ0n) is 16.1. The molecule has 1 fully saturated rings. The number of nitrogens with one attached hydrogen (secondary N) is 2. The van der Waals surface area contributed by atoms with Gasteiger partial charge in [-0.25, -0.2) is 13.1 Å². The van der Waals surface area contributed by atoms with Crippen LogP contribution >= 0.6 is 0 Å². The van der Waals surface area contributed by atoms with Crippen molar-refractivity contribution in [2.45, 2.75) is 57.2 Å². The largest absolute Gasteiger partial charge is 0.335 e. The molecule has 3 rings (SSSR count). The van der Waals surface area contributed by atoms with Crippen LogP contribution in [0, 0.1) is 5.92 Å².